The molecular weight excluding hydrogens is 370 g/mol. The van der Waals surface area contributed by atoms with Crippen LogP contribution in [0, 0.1) is 94.7 Å². The van der Waals surface area contributed by atoms with Crippen molar-refractivity contribution in [3.63, 3.8) is 0 Å². The summed E-state index contributed by atoms with van der Waals surface area (Å²) in [6.45, 7) is 10.1. The Bertz CT molecular complexity index is 1200. The predicted octanol–water partition coefficient (Wildman–Crippen LogP) is 5.58. The lowest BCUT2D eigenvalue weighted by atomic mass is 9.81. The maximum absolute atomic E-state index is 11.9. The van der Waals surface area contributed by atoms with Crippen molar-refractivity contribution in [2.75, 3.05) is 0 Å². The molecule has 30 heavy (non-hydrogen) atoms. The fourth-order valence-electron chi connectivity index (χ4n) is 3.01. The van der Waals surface area contributed by atoms with Gasteiger partial charge in [0, 0.05) is 51.2 Å². The fourth-order valence-corrected chi connectivity index (χ4v) is 3.01. The van der Waals surface area contributed by atoms with Crippen molar-refractivity contribution in [1.82, 2.24) is 5.32 Å². The van der Waals surface area contributed by atoms with Crippen molar-refractivity contribution >= 4 is 5.97 Å². The van der Waals surface area contributed by atoms with Crippen LogP contribution in [0.5, 0.6) is 0 Å². The van der Waals surface area contributed by atoms with Crippen LogP contribution in [0.4, 0.5) is 0 Å². The third-order valence-electron chi connectivity index (χ3n) is 3.53. The smallest absolute Gasteiger partial charge is 0.385 e. The quantitative estimate of drug-likeness (QED) is 0.341. The lowest BCUT2D eigenvalue weighted by molar-refractivity contribution is -0.145. The van der Waals surface area contributed by atoms with Gasteiger partial charge in [-0.3, -0.25) is 0 Å². The summed E-state index contributed by atoms with van der Waals surface area (Å²) in [7, 11) is 0. The highest BCUT2D eigenvalue weighted by atomic mass is 16.5. The topological polar surface area (TPSA) is 38.3 Å². The zero-order valence-corrected chi connectivity index (χ0v) is 17.8. The van der Waals surface area contributed by atoms with Crippen molar-refractivity contribution < 1.29 is 30.9 Å². The fraction of sp³-hybridized carbons (Fsp3) is 0.370. The Kier molecular flexibility index (Phi) is 9.89. The van der Waals surface area contributed by atoms with Gasteiger partial charge in [0.15, 0.2) is 0 Å². The van der Waals surface area contributed by atoms with Crippen LogP contribution >= 0.6 is 0 Å². The van der Waals surface area contributed by atoms with Gasteiger partial charge in [-0.2, -0.15) is 0 Å². The van der Waals surface area contributed by atoms with E-state index in [4.69, 9.17) is 4.74 Å². The number of rotatable bonds is 1. The summed E-state index contributed by atoms with van der Waals surface area (Å²) in [6.07, 6.45) is 1.29. The van der Waals surface area contributed by atoms with Gasteiger partial charge in [0.25, 0.3) is 0 Å². The molecule has 1 N–H and O–H groups in total. The summed E-state index contributed by atoms with van der Waals surface area (Å²) >= 11 is 0. The number of nitrogens with one attached hydrogen (secondary N) is 1. The van der Waals surface area contributed by atoms with Gasteiger partial charge < -0.3 is 10.1 Å². The average molecular weight is 422 g/mol. The first-order chi connectivity index (χ1) is 14.2. The lowest BCUT2D eigenvalue weighted by Crippen LogP contribution is -2.59. The molecule has 0 aromatic rings. The Morgan fingerprint density at radius 3 is 1.50 bits per heavy atom. The number of hydrogen-bond donors (Lipinski definition) is 1. The first-order valence-corrected chi connectivity index (χ1v) is 9.17. The molecular formula is C27H51NO2. The molecule has 1 saturated heterocycles. The van der Waals surface area contributed by atoms with E-state index in [0.29, 0.717) is 0 Å². The summed E-state index contributed by atoms with van der Waals surface area (Å²) < 4.78 is 5.46. The maximum atomic E-state index is 11.9. The van der Waals surface area contributed by atoms with Gasteiger partial charge in [-0.25, -0.2) is 4.79 Å². The molecule has 0 aromatic carbocycles. The standard InChI is InChI=1S/C27H21NO2.15H2/c1-6-7-8-9-10-11-12-13-14-15-16-17-18-19-20-21-25(29)30-24-22-26(2,3)28-27(4,5)23-24;;;;;;;;;;;;;;;/h24,28H,22-23H2,1-5H3;15*1H. The van der Waals surface area contributed by atoms with E-state index in [2.05, 4.69) is 128 Å². The van der Waals surface area contributed by atoms with Crippen LogP contribution in [0.2, 0.25) is 0 Å². The van der Waals surface area contributed by atoms with E-state index in [-0.39, 0.29) is 38.6 Å². The van der Waals surface area contributed by atoms with Crippen molar-refractivity contribution in [1.29, 1.82) is 0 Å². The third-order valence-corrected chi connectivity index (χ3v) is 3.53. The molecule has 3 nitrogen and oxygen atoms in total. The second-order valence-corrected chi connectivity index (χ2v) is 7.45. The van der Waals surface area contributed by atoms with Gasteiger partial charge in [-0.1, -0.05) is 5.92 Å². The molecule has 0 unspecified atom stereocenters. The summed E-state index contributed by atoms with van der Waals surface area (Å²) in [5.41, 5.74) is -0.211. The normalized spacial score (nSPS) is 14.2. The van der Waals surface area contributed by atoms with Crippen molar-refractivity contribution in [2.45, 2.75) is 64.6 Å². The van der Waals surface area contributed by atoms with Gasteiger partial charge in [0.2, 0.25) is 0 Å². The van der Waals surface area contributed by atoms with Gasteiger partial charge >= 0.3 is 5.97 Å². The van der Waals surface area contributed by atoms with Crippen LogP contribution in [0.15, 0.2) is 0 Å². The Morgan fingerprint density at radius 2 is 1.10 bits per heavy atom. The highest BCUT2D eigenvalue weighted by Crippen LogP contribution is 2.30. The molecule has 0 saturated carbocycles. The highest BCUT2D eigenvalue weighted by molar-refractivity contribution is 5.89. The SMILES string of the molecule is CC#CC#CC#CC#CC#CC#CC#CC#CC(=O)OC1CC(C)(C)NC(C)(C)C1.[HH].[HH].[HH].[HH].[HH].[HH].[HH].[HH].[HH].[HH].[HH].[HH].[HH].[HH].[HH]. The maximum Gasteiger partial charge on any atom is 0.385 e. The third kappa shape index (κ3) is 11.6. The number of carbonyl (C=O) groups is 1. The number of esters is 1. The zero-order valence-electron chi connectivity index (χ0n) is 17.8. The van der Waals surface area contributed by atoms with Crippen molar-refractivity contribution in [3.8, 4) is 94.7 Å². The molecule has 1 rings (SSSR count). The first kappa shape index (κ1) is 23.9. The van der Waals surface area contributed by atoms with Gasteiger partial charge in [0.1, 0.15) is 6.10 Å². The lowest BCUT2D eigenvalue weighted by Gasteiger charge is -2.45. The zero-order chi connectivity index (χ0) is 22.3. The Hall–Kier alpha value is -4.09. The van der Waals surface area contributed by atoms with Gasteiger partial charge in [-0.05, 0) is 118 Å². The van der Waals surface area contributed by atoms with E-state index in [9.17, 15) is 4.79 Å². The monoisotopic (exact) mass is 421 g/mol. The Labute approximate surface area is 202 Å². The van der Waals surface area contributed by atoms with Crippen molar-refractivity contribution in [3.05, 3.63) is 0 Å². The molecule has 176 valence electrons. The van der Waals surface area contributed by atoms with E-state index in [1.54, 1.807) is 6.92 Å². The minimum atomic E-state index is -0.585. The van der Waals surface area contributed by atoms with Gasteiger partial charge in [-0.15, -0.1) is 0 Å². The molecule has 1 aliphatic heterocycles. The van der Waals surface area contributed by atoms with Crippen molar-refractivity contribution in [2.24, 2.45) is 0 Å². The molecule has 0 aliphatic carbocycles. The largest absolute Gasteiger partial charge is 0.453 e. The molecule has 0 bridgehead atoms. The number of hydrogen-bond acceptors (Lipinski definition) is 3. The van der Waals surface area contributed by atoms with Crippen LogP contribution in [-0.4, -0.2) is 23.2 Å². The van der Waals surface area contributed by atoms with Gasteiger partial charge in [0.05, 0.1) is 0 Å². The van der Waals surface area contributed by atoms with Crippen LogP contribution in [0.3, 0.4) is 0 Å². The van der Waals surface area contributed by atoms with Crippen LogP contribution in [0.1, 0.15) is 68.9 Å². The van der Waals surface area contributed by atoms with E-state index in [0.717, 1.165) is 12.8 Å². The van der Waals surface area contributed by atoms with Crippen LogP contribution < -0.4 is 5.32 Å². The molecule has 0 atom stereocenters. The summed E-state index contributed by atoms with van der Waals surface area (Å²) in [5.74, 6) is 39.5. The Balaban J connectivity index is -0.0000000462. The predicted molar refractivity (Wildman–Crippen MR) is 150 cm³/mol. The average Bonchev–Trinajstić information content (AvgIpc) is 2.62. The Morgan fingerprint density at radius 1 is 0.733 bits per heavy atom. The molecule has 0 radical (unpaired) electrons. The van der Waals surface area contributed by atoms with Crippen LogP contribution in [0.25, 0.3) is 0 Å². The molecule has 0 aromatic heterocycles. The molecule has 1 aliphatic rings. The molecule has 0 spiro atoms. The number of piperidine rings is 1. The van der Waals surface area contributed by atoms with E-state index in [1.165, 1.54) is 0 Å². The molecule has 0 amide bonds. The minimum absolute atomic E-state index is 0. The molecule has 3 heteroatoms. The second-order valence-electron chi connectivity index (χ2n) is 7.45. The highest BCUT2D eigenvalue weighted by Gasteiger charge is 2.39. The van der Waals surface area contributed by atoms with Crippen LogP contribution in [-0.2, 0) is 9.53 Å². The minimum Gasteiger partial charge on any atom is -0.453 e. The molecule has 1 heterocycles. The summed E-state index contributed by atoms with van der Waals surface area (Å²) in [4.78, 5) is 11.9. The van der Waals surface area contributed by atoms with E-state index in [1.807, 2.05) is 0 Å². The first-order valence-electron chi connectivity index (χ1n) is 9.17. The number of ether oxygens (including phenoxy) is 1. The second kappa shape index (κ2) is 12.4. The van der Waals surface area contributed by atoms with E-state index < -0.39 is 5.97 Å². The molecule has 1 fully saturated rings. The van der Waals surface area contributed by atoms with E-state index >= 15 is 0 Å². The summed E-state index contributed by atoms with van der Waals surface area (Å²) in [5, 5.41) is 3.53. The number of carbonyl (C=O) groups excluding carboxylic acids is 1. The summed E-state index contributed by atoms with van der Waals surface area (Å²) in [6, 6.07) is 0.